The molecule has 0 aliphatic carbocycles. The molecule has 0 amide bonds. The SMILES string of the molecule is [C-]#[N+]c1cnn(-c2ncncn2)c1N=Nc1c(C)[nH]n2c(-c3ccccc3)nnc12. The van der Waals surface area contributed by atoms with E-state index in [-0.39, 0.29) is 17.5 Å². The van der Waals surface area contributed by atoms with Crippen molar-refractivity contribution in [1.29, 1.82) is 0 Å². The van der Waals surface area contributed by atoms with Crippen LogP contribution in [0.4, 0.5) is 17.2 Å². The van der Waals surface area contributed by atoms with Crippen LogP contribution < -0.4 is 0 Å². The molecule has 1 N–H and O–H groups in total. The molecule has 1 aromatic carbocycles. The van der Waals surface area contributed by atoms with Gasteiger partial charge in [-0.25, -0.2) is 14.3 Å². The van der Waals surface area contributed by atoms with E-state index in [0.29, 0.717) is 17.2 Å². The van der Waals surface area contributed by atoms with Gasteiger partial charge in [0.05, 0.1) is 18.5 Å². The summed E-state index contributed by atoms with van der Waals surface area (Å²) in [4.78, 5) is 15.3. The van der Waals surface area contributed by atoms with Gasteiger partial charge < -0.3 is 0 Å². The van der Waals surface area contributed by atoms with Gasteiger partial charge in [-0.1, -0.05) is 30.3 Å². The number of azo groups is 1. The monoisotopic (exact) mass is 396 g/mol. The third-order valence-electron chi connectivity index (χ3n) is 4.30. The van der Waals surface area contributed by atoms with Crippen LogP contribution in [0, 0.1) is 13.5 Å². The van der Waals surface area contributed by atoms with E-state index in [1.807, 2.05) is 37.3 Å². The number of nitrogens with zero attached hydrogens (tertiary/aromatic N) is 11. The van der Waals surface area contributed by atoms with Gasteiger partial charge in [-0.15, -0.1) is 20.4 Å². The lowest BCUT2D eigenvalue weighted by Gasteiger charge is -2.00. The zero-order valence-electron chi connectivity index (χ0n) is 15.5. The Hall–Kier alpha value is -4.79. The maximum atomic E-state index is 7.37. The Labute approximate surface area is 168 Å². The summed E-state index contributed by atoms with van der Waals surface area (Å²) in [6.45, 7) is 9.23. The number of rotatable bonds is 4. The van der Waals surface area contributed by atoms with Crippen molar-refractivity contribution in [2.45, 2.75) is 6.92 Å². The first-order chi connectivity index (χ1) is 14.8. The van der Waals surface area contributed by atoms with Gasteiger partial charge in [0.1, 0.15) is 12.7 Å². The molecule has 0 radical (unpaired) electrons. The summed E-state index contributed by atoms with van der Waals surface area (Å²) in [5.74, 6) is 1.10. The lowest BCUT2D eigenvalue weighted by molar-refractivity contribution is 0.791. The summed E-state index contributed by atoms with van der Waals surface area (Å²) in [6.07, 6.45) is 4.06. The molecule has 0 fully saturated rings. The molecule has 5 rings (SSSR count). The lowest BCUT2D eigenvalue weighted by atomic mass is 10.2. The van der Waals surface area contributed by atoms with Crippen molar-refractivity contribution in [3.63, 3.8) is 0 Å². The molecule has 12 heteroatoms. The summed E-state index contributed by atoms with van der Waals surface area (Å²) in [5.41, 5.74) is 2.90. The Kier molecular flexibility index (Phi) is 4.03. The van der Waals surface area contributed by atoms with E-state index in [9.17, 15) is 0 Å². The summed E-state index contributed by atoms with van der Waals surface area (Å²) in [6, 6.07) is 9.69. The largest absolute Gasteiger partial charge is 0.293 e. The molecule has 5 aromatic rings. The van der Waals surface area contributed by atoms with E-state index in [1.165, 1.54) is 23.5 Å². The Morgan fingerprint density at radius 1 is 1.07 bits per heavy atom. The van der Waals surface area contributed by atoms with Crippen molar-refractivity contribution in [3.8, 4) is 17.3 Å². The summed E-state index contributed by atoms with van der Waals surface area (Å²) in [5, 5.41) is 24.4. The zero-order valence-corrected chi connectivity index (χ0v) is 15.5. The van der Waals surface area contributed by atoms with Crippen molar-refractivity contribution < 1.29 is 0 Å². The predicted octanol–water partition coefficient (Wildman–Crippen LogP) is 3.37. The summed E-state index contributed by atoms with van der Waals surface area (Å²) in [7, 11) is 0. The fourth-order valence-electron chi connectivity index (χ4n) is 2.92. The summed E-state index contributed by atoms with van der Waals surface area (Å²) >= 11 is 0. The number of fused-ring (bicyclic) bond motifs is 1. The molecule has 0 unspecified atom stereocenters. The number of aryl methyl sites for hydroxylation is 1. The predicted molar refractivity (Wildman–Crippen MR) is 105 cm³/mol. The molecule has 4 heterocycles. The minimum atomic E-state index is 0.206. The van der Waals surface area contributed by atoms with Crippen molar-refractivity contribution in [2.75, 3.05) is 0 Å². The average Bonchev–Trinajstić information content (AvgIpc) is 3.47. The highest BCUT2D eigenvalue weighted by molar-refractivity contribution is 5.71. The highest BCUT2D eigenvalue weighted by atomic mass is 15.4. The molecular weight excluding hydrogens is 384 g/mol. The average molecular weight is 396 g/mol. The molecule has 12 nitrogen and oxygen atoms in total. The molecule has 144 valence electrons. The quantitative estimate of drug-likeness (QED) is 0.366. The van der Waals surface area contributed by atoms with Gasteiger partial charge in [0.25, 0.3) is 11.6 Å². The number of benzene rings is 1. The number of hydrogen-bond acceptors (Lipinski definition) is 8. The Bertz CT molecular complexity index is 1400. The molecule has 0 saturated carbocycles. The summed E-state index contributed by atoms with van der Waals surface area (Å²) < 4.78 is 3.08. The fraction of sp³-hybridized carbons (Fsp3) is 0.0556. The number of aromatic nitrogens is 9. The molecule has 4 aromatic heterocycles. The standard InChI is InChI=1S/C18H12N12/c1-11-14(17-27-25-15(29(17)28-11)12-6-4-3-5-7-12)24-26-16-13(19-2)8-23-30(16)18-21-9-20-10-22-18/h3-10,28H,1H3. The van der Waals surface area contributed by atoms with E-state index in [2.05, 4.69) is 50.4 Å². The van der Waals surface area contributed by atoms with Crippen molar-refractivity contribution in [1.82, 2.24) is 44.5 Å². The van der Waals surface area contributed by atoms with Gasteiger partial charge in [0, 0.05) is 5.56 Å². The van der Waals surface area contributed by atoms with E-state index in [1.54, 1.807) is 4.52 Å². The smallest absolute Gasteiger partial charge is 0.254 e. The molecule has 0 bridgehead atoms. The molecule has 0 saturated heterocycles. The lowest BCUT2D eigenvalue weighted by Crippen LogP contribution is -2.01. The minimum Gasteiger partial charge on any atom is -0.293 e. The van der Waals surface area contributed by atoms with Gasteiger partial charge in [0.15, 0.2) is 17.3 Å². The van der Waals surface area contributed by atoms with Gasteiger partial charge in [-0.2, -0.15) is 19.7 Å². The third kappa shape index (κ3) is 2.78. The van der Waals surface area contributed by atoms with Gasteiger partial charge in [0.2, 0.25) is 5.65 Å². The Morgan fingerprint density at radius 2 is 1.87 bits per heavy atom. The second-order valence-corrected chi connectivity index (χ2v) is 6.15. The fourth-order valence-corrected chi connectivity index (χ4v) is 2.92. The first kappa shape index (κ1) is 17.3. The Morgan fingerprint density at radius 3 is 2.63 bits per heavy atom. The van der Waals surface area contributed by atoms with Crippen LogP contribution in [-0.2, 0) is 0 Å². The molecule has 0 aliphatic heterocycles. The van der Waals surface area contributed by atoms with E-state index in [4.69, 9.17) is 6.57 Å². The molecule has 0 spiro atoms. The van der Waals surface area contributed by atoms with Gasteiger partial charge >= 0.3 is 0 Å². The van der Waals surface area contributed by atoms with Crippen LogP contribution in [0.5, 0.6) is 0 Å². The van der Waals surface area contributed by atoms with Crippen molar-refractivity contribution in [3.05, 3.63) is 66.3 Å². The molecule has 0 atom stereocenters. The van der Waals surface area contributed by atoms with E-state index in [0.717, 1.165) is 11.3 Å². The molecule has 30 heavy (non-hydrogen) atoms. The van der Waals surface area contributed by atoms with E-state index >= 15 is 0 Å². The number of nitrogens with one attached hydrogen (secondary N) is 1. The number of hydrogen-bond donors (Lipinski definition) is 1. The van der Waals surface area contributed by atoms with Crippen LogP contribution in [-0.4, -0.2) is 44.5 Å². The second kappa shape index (κ2) is 6.99. The van der Waals surface area contributed by atoms with Crippen LogP contribution in [0.3, 0.4) is 0 Å². The van der Waals surface area contributed by atoms with E-state index < -0.39 is 0 Å². The van der Waals surface area contributed by atoms with Crippen LogP contribution >= 0.6 is 0 Å². The first-order valence-electron chi connectivity index (χ1n) is 8.75. The first-order valence-corrected chi connectivity index (χ1v) is 8.75. The second-order valence-electron chi connectivity index (χ2n) is 6.15. The van der Waals surface area contributed by atoms with Crippen LogP contribution in [0.2, 0.25) is 0 Å². The molecular formula is C18H12N12. The number of H-pyrrole nitrogens is 1. The van der Waals surface area contributed by atoms with Crippen LogP contribution in [0.25, 0.3) is 27.8 Å². The highest BCUT2D eigenvalue weighted by Crippen LogP contribution is 2.33. The maximum Gasteiger partial charge on any atom is 0.254 e. The van der Waals surface area contributed by atoms with Gasteiger partial charge in [-0.05, 0) is 6.92 Å². The zero-order chi connectivity index (χ0) is 20.5. The van der Waals surface area contributed by atoms with Crippen LogP contribution in [0.15, 0.2) is 59.4 Å². The normalized spacial score (nSPS) is 11.3. The molecule has 0 aliphatic rings. The Balaban J connectivity index is 1.59. The minimum absolute atomic E-state index is 0.206. The number of aromatic amines is 1. The third-order valence-corrected chi connectivity index (χ3v) is 4.30. The van der Waals surface area contributed by atoms with Gasteiger partial charge in [-0.3, -0.25) is 5.10 Å². The topological polar surface area (TPSA) is 132 Å². The van der Waals surface area contributed by atoms with Crippen molar-refractivity contribution >= 4 is 22.8 Å². The van der Waals surface area contributed by atoms with Crippen molar-refractivity contribution in [2.24, 2.45) is 10.2 Å². The maximum absolute atomic E-state index is 7.37. The highest BCUT2D eigenvalue weighted by Gasteiger charge is 2.18. The van der Waals surface area contributed by atoms with Crippen LogP contribution in [0.1, 0.15) is 5.69 Å².